The van der Waals surface area contributed by atoms with Crippen LogP contribution in [0.5, 0.6) is 5.75 Å². The molecule has 1 heterocycles. The van der Waals surface area contributed by atoms with Crippen molar-refractivity contribution in [1.29, 1.82) is 0 Å². The van der Waals surface area contributed by atoms with Crippen molar-refractivity contribution in [3.63, 3.8) is 0 Å². The summed E-state index contributed by atoms with van der Waals surface area (Å²) in [6.45, 7) is 2.04. The first-order chi connectivity index (χ1) is 9.76. The first kappa shape index (κ1) is 12.4. The lowest BCUT2D eigenvalue weighted by molar-refractivity contribution is 0.414. The molecule has 20 heavy (non-hydrogen) atoms. The Morgan fingerprint density at radius 2 is 1.80 bits per heavy atom. The molecular weight excluding hydrogens is 252 g/mol. The molecule has 100 valence electrons. The number of hydrogen-bond acceptors (Lipinski definition) is 4. The third-order valence-electron chi connectivity index (χ3n) is 3.04. The number of aromatic nitrogens is 2. The van der Waals surface area contributed by atoms with Crippen molar-refractivity contribution in [1.82, 2.24) is 10.1 Å². The first-order valence-corrected chi connectivity index (χ1v) is 6.31. The first-order valence-electron chi connectivity index (χ1n) is 6.31. The highest BCUT2D eigenvalue weighted by atomic mass is 16.5. The summed E-state index contributed by atoms with van der Waals surface area (Å²) in [5.74, 6) is 1.90. The van der Waals surface area contributed by atoms with E-state index in [1.54, 1.807) is 7.11 Å². The van der Waals surface area contributed by atoms with Crippen LogP contribution in [0.3, 0.4) is 0 Å². The Labute approximate surface area is 117 Å². The number of rotatable bonds is 3. The molecule has 0 aliphatic carbocycles. The molecular formula is C16H14N2O2. The highest BCUT2D eigenvalue weighted by molar-refractivity contribution is 5.60. The highest BCUT2D eigenvalue weighted by Gasteiger charge is 2.10. The van der Waals surface area contributed by atoms with Gasteiger partial charge in [-0.05, 0) is 37.3 Å². The second-order valence-corrected chi connectivity index (χ2v) is 4.52. The van der Waals surface area contributed by atoms with Crippen molar-refractivity contribution in [3.8, 4) is 28.6 Å². The lowest BCUT2D eigenvalue weighted by atomic mass is 10.1. The summed E-state index contributed by atoms with van der Waals surface area (Å²) in [6, 6.07) is 15.5. The molecule has 1 aromatic heterocycles. The zero-order valence-electron chi connectivity index (χ0n) is 11.3. The summed E-state index contributed by atoms with van der Waals surface area (Å²) in [5, 5.41) is 4.03. The van der Waals surface area contributed by atoms with Crippen molar-refractivity contribution in [2.75, 3.05) is 7.11 Å². The number of methoxy groups -OCH3 is 1. The summed E-state index contributed by atoms with van der Waals surface area (Å²) in [5.41, 5.74) is 2.99. The molecule has 0 saturated heterocycles. The topological polar surface area (TPSA) is 48.2 Å². The van der Waals surface area contributed by atoms with Gasteiger partial charge < -0.3 is 9.26 Å². The van der Waals surface area contributed by atoms with E-state index < -0.39 is 0 Å². The van der Waals surface area contributed by atoms with Gasteiger partial charge in [0, 0.05) is 11.1 Å². The van der Waals surface area contributed by atoms with E-state index in [1.807, 2.05) is 55.5 Å². The van der Waals surface area contributed by atoms with Crippen molar-refractivity contribution in [3.05, 3.63) is 54.1 Å². The minimum absolute atomic E-state index is 0.504. The SMILES string of the molecule is COc1ccc(-c2nc(-c3cccc(C)c3)no2)cc1. The number of hydrogen-bond donors (Lipinski definition) is 0. The molecule has 4 heteroatoms. The average Bonchev–Trinajstić information content (AvgIpc) is 2.97. The Morgan fingerprint density at radius 1 is 1.00 bits per heavy atom. The summed E-state index contributed by atoms with van der Waals surface area (Å²) < 4.78 is 10.4. The Bertz CT molecular complexity index is 717. The number of aryl methyl sites for hydroxylation is 1. The maximum Gasteiger partial charge on any atom is 0.258 e. The summed E-state index contributed by atoms with van der Waals surface area (Å²) in [6.07, 6.45) is 0. The summed E-state index contributed by atoms with van der Waals surface area (Å²) in [4.78, 5) is 4.43. The smallest absolute Gasteiger partial charge is 0.258 e. The lowest BCUT2D eigenvalue weighted by Gasteiger charge is -1.99. The molecule has 2 aromatic carbocycles. The van der Waals surface area contributed by atoms with E-state index >= 15 is 0 Å². The number of benzene rings is 2. The number of nitrogens with zero attached hydrogens (tertiary/aromatic N) is 2. The van der Waals surface area contributed by atoms with Crippen LogP contribution in [-0.2, 0) is 0 Å². The van der Waals surface area contributed by atoms with Gasteiger partial charge >= 0.3 is 0 Å². The van der Waals surface area contributed by atoms with Crippen LogP contribution >= 0.6 is 0 Å². The summed E-state index contributed by atoms with van der Waals surface area (Å²) in [7, 11) is 1.64. The Balaban J connectivity index is 1.93. The quantitative estimate of drug-likeness (QED) is 0.725. The van der Waals surface area contributed by atoms with E-state index in [1.165, 1.54) is 5.56 Å². The standard InChI is InChI=1S/C16H14N2O2/c1-11-4-3-5-13(10-11)15-17-16(20-18-15)12-6-8-14(19-2)9-7-12/h3-10H,1-2H3. The van der Waals surface area contributed by atoms with E-state index in [4.69, 9.17) is 9.26 Å². The molecule has 0 spiro atoms. The molecule has 0 amide bonds. The Morgan fingerprint density at radius 3 is 2.50 bits per heavy atom. The van der Waals surface area contributed by atoms with Crippen LogP contribution in [-0.4, -0.2) is 17.3 Å². The maximum atomic E-state index is 5.32. The van der Waals surface area contributed by atoms with Gasteiger partial charge in [0.25, 0.3) is 5.89 Å². The molecule has 0 aliphatic rings. The molecule has 0 bridgehead atoms. The Hall–Kier alpha value is -2.62. The van der Waals surface area contributed by atoms with E-state index in [9.17, 15) is 0 Å². The monoisotopic (exact) mass is 266 g/mol. The van der Waals surface area contributed by atoms with E-state index in [0.29, 0.717) is 11.7 Å². The van der Waals surface area contributed by atoms with E-state index in [0.717, 1.165) is 16.9 Å². The third-order valence-corrected chi connectivity index (χ3v) is 3.04. The van der Waals surface area contributed by atoms with Crippen molar-refractivity contribution in [2.24, 2.45) is 0 Å². The second kappa shape index (κ2) is 5.17. The highest BCUT2D eigenvalue weighted by Crippen LogP contribution is 2.24. The second-order valence-electron chi connectivity index (χ2n) is 4.52. The molecule has 0 unspecified atom stereocenters. The van der Waals surface area contributed by atoms with Crippen LogP contribution < -0.4 is 4.74 Å². The fraction of sp³-hybridized carbons (Fsp3) is 0.125. The molecule has 0 atom stereocenters. The van der Waals surface area contributed by atoms with Gasteiger partial charge in [0.05, 0.1) is 7.11 Å². The molecule has 0 saturated carbocycles. The van der Waals surface area contributed by atoms with Crippen LogP contribution in [0.25, 0.3) is 22.8 Å². The van der Waals surface area contributed by atoms with Crippen LogP contribution in [0, 0.1) is 6.92 Å². The Kier molecular flexibility index (Phi) is 3.21. The van der Waals surface area contributed by atoms with Crippen molar-refractivity contribution < 1.29 is 9.26 Å². The molecule has 4 nitrogen and oxygen atoms in total. The normalized spacial score (nSPS) is 10.5. The van der Waals surface area contributed by atoms with E-state index in [2.05, 4.69) is 10.1 Å². The predicted octanol–water partition coefficient (Wildman–Crippen LogP) is 3.72. The van der Waals surface area contributed by atoms with Gasteiger partial charge in [-0.25, -0.2) is 0 Å². The molecule has 3 aromatic rings. The maximum absolute atomic E-state index is 5.32. The zero-order chi connectivity index (χ0) is 13.9. The average molecular weight is 266 g/mol. The minimum Gasteiger partial charge on any atom is -0.497 e. The van der Waals surface area contributed by atoms with Crippen LogP contribution in [0.1, 0.15) is 5.56 Å². The minimum atomic E-state index is 0.504. The van der Waals surface area contributed by atoms with Gasteiger partial charge in [-0.1, -0.05) is 28.9 Å². The van der Waals surface area contributed by atoms with Gasteiger partial charge in [0.1, 0.15) is 5.75 Å². The predicted molar refractivity (Wildman–Crippen MR) is 76.5 cm³/mol. The zero-order valence-corrected chi connectivity index (χ0v) is 11.3. The van der Waals surface area contributed by atoms with Gasteiger partial charge in [-0.2, -0.15) is 4.98 Å². The van der Waals surface area contributed by atoms with Crippen LogP contribution in [0.15, 0.2) is 53.1 Å². The molecule has 0 N–H and O–H groups in total. The van der Waals surface area contributed by atoms with Gasteiger partial charge in [0.15, 0.2) is 0 Å². The summed E-state index contributed by atoms with van der Waals surface area (Å²) >= 11 is 0. The molecule has 3 rings (SSSR count). The molecule has 0 fully saturated rings. The van der Waals surface area contributed by atoms with Gasteiger partial charge in [-0.3, -0.25) is 0 Å². The lowest BCUT2D eigenvalue weighted by Crippen LogP contribution is -1.84. The van der Waals surface area contributed by atoms with Crippen molar-refractivity contribution >= 4 is 0 Å². The van der Waals surface area contributed by atoms with Gasteiger partial charge in [-0.15, -0.1) is 0 Å². The number of ether oxygens (including phenoxy) is 1. The largest absolute Gasteiger partial charge is 0.497 e. The van der Waals surface area contributed by atoms with Gasteiger partial charge in [0.2, 0.25) is 5.82 Å². The van der Waals surface area contributed by atoms with E-state index in [-0.39, 0.29) is 0 Å². The molecule has 0 radical (unpaired) electrons. The third kappa shape index (κ3) is 2.40. The fourth-order valence-electron chi connectivity index (χ4n) is 1.98. The van der Waals surface area contributed by atoms with Crippen LogP contribution in [0.4, 0.5) is 0 Å². The molecule has 0 aliphatic heterocycles. The van der Waals surface area contributed by atoms with Crippen molar-refractivity contribution in [2.45, 2.75) is 6.92 Å². The van der Waals surface area contributed by atoms with Crippen LogP contribution in [0.2, 0.25) is 0 Å². The fourth-order valence-corrected chi connectivity index (χ4v) is 1.98.